The molecule has 4 rings (SSSR count). The van der Waals surface area contributed by atoms with Crippen molar-refractivity contribution in [3.8, 4) is 11.5 Å². The Morgan fingerprint density at radius 1 is 0.429 bits per heavy atom. The maximum absolute atomic E-state index is 12.9. The molecule has 0 aromatic heterocycles. The molecule has 0 aliphatic rings. The minimum atomic E-state index is -0.494. The van der Waals surface area contributed by atoms with Crippen LogP contribution in [-0.4, -0.2) is 49.7 Å². The summed E-state index contributed by atoms with van der Waals surface area (Å²) in [7, 11) is 0. The number of ketones is 2. The first-order valence-electron chi connectivity index (χ1n) is 17.2. The van der Waals surface area contributed by atoms with Gasteiger partial charge in [0.25, 0.3) is 0 Å². The predicted octanol–water partition coefficient (Wildman–Crippen LogP) is 8.83. The van der Waals surface area contributed by atoms with Gasteiger partial charge < -0.3 is 19.3 Å². The number of anilines is 2. The summed E-state index contributed by atoms with van der Waals surface area (Å²) in [5.41, 5.74) is 3.64. The van der Waals surface area contributed by atoms with Crippen LogP contribution in [0.4, 0.5) is 11.4 Å². The number of rotatable bonds is 18. The molecule has 49 heavy (non-hydrogen) atoms. The van der Waals surface area contributed by atoms with E-state index in [0.717, 1.165) is 63.2 Å². The summed E-state index contributed by atoms with van der Waals surface area (Å²) in [5, 5.41) is 0. The van der Waals surface area contributed by atoms with Crippen LogP contribution in [0.3, 0.4) is 0 Å². The van der Waals surface area contributed by atoms with Gasteiger partial charge in [-0.25, -0.2) is 9.59 Å². The molecule has 8 heteroatoms. The maximum Gasteiger partial charge on any atom is 0.343 e. The molecule has 0 saturated carbocycles. The molecule has 0 unspecified atom stereocenters. The van der Waals surface area contributed by atoms with Crippen molar-refractivity contribution < 1.29 is 28.7 Å². The highest BCUT2D eigenvalue weighted by Gasteiger charge is 2.17. The van der Waals surface area contributed by atoms with Crippen LogP contribution in [0.15, 0.2) is 97.1 Å². The van der Waals surface area contributed by atoms with E-state index in [1.54, 1.807) is 24.3 Å². The normalized spacial score (nSPS) is 10.7. The van der Waals surface area contributed by atoms with Crippen molar-refractivity contribution in [1.82, 2.24) is 0 Å². The molecule has 4 aromatic carbocycles. The van der Waals surface area contributed by atoms with E-state index < -0.39 is 11.9 Å². The van der Waals surface area contributed by atoms with Crippen molar-refractivity contribution in [3.05, 3.63) is 119 Å². The van der Waals surface area contributed by atoms with E-state index in [4.69, 9.17) is 9.47 Å². The van der Waals surface area contributed by atoms with E-state index in [0.29, 0.717) is 33.8 Å². The van der Waals surface area contributed by atoms with E-state index in [2.05, 4.69) is 37.5 Å². The minimum Gasteiger partial charge on any atom is -0.423 e. The fourth-order valence-corrected chi connectivity index (χ4v) is 5.54. The zero-order valence-electron chi connectivity index (χ0n) is 28.9. The van der Waals surface area contributed by atoms with Crippen LogP contribution in [0, 0.1) is 0 Å². The largest absolute Gasteiger partial charge is 0.423 e. The molecule has 0 radical (unpaired) electrons. The van der Waals surface area contributed by atoms with Gasteiger partial charge in [-0.05, 0) is 123 Å². The van der Waals surface area contributed by atoms with Crippen LogP contribution in [0.25, 0.3) is 0 Å². The Morgan fingerprint density at radius 2 is 0.714 bits per heavy atom. The summed E-state index contributed by atoms with van der Waals surface area (Å²) in [5.74, 6) is -1.12. The molecule has 0 saturated heterocycles. The first-order chi connectivity index (χ1) is 23.8. The highest BCUT2D eigenvalue weighted by atomic mass is 16.5. The summed E-state index contributed by atoms with van der Waals surface area (Å²) < 4.78 is 11.0. The van der Waals surface area contributed by atoms with Crippen molar-refractivity contribution >= 4 is 34.9 Å². The monoisotopic (exact) mass is 662 g/mol. The fraction of sp³-hybridized carbons (Fsp3) is 0.317. The Labute approximate surface area is 289 Å². The molecular formula is C41H46N2O6. The third-order valence-electron chi connectivity index (χ3n) is 8.01. The second-order valence-electron chi connectivity index (χ2n) is 11.9. The molecule has 4 aromatic rings. The van der Waals surface area contributed by atoms with Crippen LogP contribution in [0.5, 0.6) is 11.5 Å². The van der Waals surface area contributed by atoms with Gasteiger partial charge >= 0.3 is 11.9 Å². The standard InChI is InChI=1S/C41H46N2O6/c1-5-25-42(26-6-2)34-17-9-32(10-18-34)40(46)48-36-21-13-30(14-22-36)38(44)29-39(45)31-15-23-37(24-16-31)49-41(47)33-11-19-35(20-12-33)43(27-7-3)28-8-4/h9-24H,5-8,25-29H2,1-4H3. The summed E-state index contributed by atoms with van der Waals surface area (Å²) in [6, 6.07) is 27.0. The van der Waals surface area contributed by atoms with Gasteiger partial charge in [0, 0.05) is 48.7 Å². The highest BCUT2D eigenvalue weighted by molar-refractivity contribution is 6.13. The third kappa shape index (κ3) is 10.4. The Hall–Kier alpha value is -5.24. The van der Waals surface area contributed by atoms with Gasteiger partial charge in [-0.15, -0.1) is 0 Å². The van der Waals surface area contributed by atoms with Crippen LogP contribution < -0.4 is 19.3 Å². The van der Waals surface area contributed by atoms with E-state index >= 15 is 0 Å². The summed E-state index contributed by atoms with van der Waals surface area (Å²) in [4.78, 5) is 55.8. The van der Waals surface area contributed by atoms with Crippen molar-refractivity contribution in [3.63, 3.8) is 0 Å². The molecule has 0 bridgehead atoms. The fourth-order valence-electron chi connectivity index (χ4n) is 5.54. The number of hydrogen-bond acceptors (Lipinski definition) is 8. The van der Waals surface area contributed by atoms with E-state index in [1.807, 2.05) is 24.3 Å². The Morgan fingerprint density at radius 3 is 1.00 bits per heavy atom. The highest BCUT2D eigenvalue weighted by Crippen LogP contribution is 2.22. The van der Waals surface area contributed by atoms with Crippen molar-refractivity contribution in [2.45, 2.75) is 59.8 Å². The van der Waals surface area contributed by atoms with E-state index in [-0.39, 0.29) is 18.0 Å². The minimum absolute atomic E-state index is 0.298. The Kier molecular flexibility index (Phi) is 13.7. The Balaban J connectivity index is 1.28. The predicted molar refractivity (Wildman–Crippen MR) is 195 cm³/mol. The molecule has 0 heterocycles. The average molecular weight is 663 g/mol. The molecule has 8 nitrogen and oxygen atoms in total. The van der Waals surface area contributed by atoms with Crippen molar-refractivity contribution in [2.75, 3.05) is 36.0 Å². The topological polar surface area (TPSA) is 93.2 Å². The van der Waals surface area contributed by atoms with Gasteiger partial charge in [0.15, 0.2) is 11.6 Å². The molecule has 0 N–H and O–H groups in total. The zero-order chi connectivity index (χ0) is 35.2. The average Bonchev–Trinajstić information content (AvgIpc) is 3.12. The molecule has 0 amide bonds. The van der Waals surface area contributed by atoms with Gasteiger partial charge in [-0.1, -0.05) is 27.7 Å². The lowest BCUT2D eigenvalue weighted by Gasteiger charge is -2.23. The van der Waals surface area contributed by atoms with Gasteiger partial charge in [0.1, 0.15) is 11.5 Å². The second-order valence-corrected chi connectivity index (χ2v) is 11.9. The quantitative estimate of drug-likeness (QED) is 0.0452. The van der Waals surface area contributed by atoms with Crippen molar-refractivity contribution in [1.29, 1.82) is 0 Å². The number of esters is 2. The number of carbonyl (C=O) groups is 4. The van der Waals surface area contributed by atoms with Gasteiger partial charge in [0.2, 0.25) is 0 Å². The smallest absolute Gasteiger partial charge is 0.343 e. The number of carbonyl (C=O) groups excluding carboxylic acids is 4. The summed E-state index contributed by atoms with van der Waals surface area (Å²) >= 11 is 0. The van der Waals surface area contributed by atoms with Crippen LogP contribution in [0.2, 0.25) is 0 Å². The van der Waals surface area contributed by atoms with Gasteiger partial charge in [-0.2, -0.15) is 0 Å². The van der Waals surface area contributed by atoms with Gasteiger partial charge in [0.05, 0.1) is 17.5 Å². The van der Waals surface area contributed by atoms with E-state index in [9.17, 15) is 19.2 Å². The number of ether oxygens (including phenoxy) is 2. The number of benzene rings is 4. The summed E-state index contributed by atoms with van der Waals surface area (Å²) in [6.07, 6.45) is 3.82. The summed E-state index contributed by atoms with van der Waals surface area (Å²) in [6.45, 7) is 12.4. The molecule has 0 aliphatic carbocycles. The maximum atomic E-state index is 12.9. The van der Waals surface area contributed by atoms with E-state index in [1.165, 1.54) is 48.5 Å². The molecule has 0 aliphatic heterocycles. The molecule has 256 valence electrons. The lowest BCUT2D eigenvalue weighted by Crippen LogP contribution is -2.24. The lowest BCUT2D eigenvalue weighted by atomic mass is 10.0. The first-order valence-corrected chi connectivity index (χ1v) is 17.2. The SMILES string of the molecule is CCCN(CCC)c1ccc(C(=O)Oc2ccc(C(=O)CC(=O)c3ccc(OC(=O)c4ccc(N(CCC)CCC)cc4)cc3)cc2)cc1. The number of nitrogens with zero attached hydrogens (tertiary/aromatic N) is 2. The molecular weight excluding hydrogens is 616 g/mol. The van der Waals surface area contributed by atoms with Crippen LogP contribution in [0.1, 0.15) is 101 Å². The van der Waals surface area contributed by atoms with Gasteiger partial charge in [-0.3, -0.25) is 9.59 Å². The Bertz CT molecular complexity index is 1540. The third-order valence-corrected chi connectivity index (χ3v) is 8.01. The van der Waals surface area contributed by atoms with Crippen LogP contribution in [-0.2, 0) is 0 Å². The van der Waals surface area contributed by atoms with Crippen LogP contribution >= 0.6 is 0 Å². The molecule has 0 atom stereocenters. The lowest BCUT2D eigenvalue weighted by molar-refractivity contribution is 0.0725. The molecule has 0 fully saturated rings. The first kappa shape index (κ1) is 36.6. The number of hydrogen-bond donors (Lipinski definition) is 0. The van der Waals surface area contributed by atoms with Crippen molar-refractivity contribution in [2.24, 2.45) is 0 Å². The second kappa shape index (κ2) is 18.3. The zero-order valence-corrected chi connectivity index (χ0v) is 28.9. The number of Topliss-reactive ketones (excluding diaryl/α,β-unsaturated/α-hetero) is 2. The molecule has 0 spiro atoms.